The van der Waals surface area contributed by atoms with E-state index in [2.05, 4.69) is 48.2 Å². The van der Waals surface area contributed by atoms with Crippen LogP contribution < -0.4 is 0 Å². The van der Waals surface area contributed by atoms with Crippen molar-refractivity contribution in [2.75, 3.05) is 0 Å². The summed E-state index contributed by atoms with van der Waals surface area (Å²) in [6, 6.07) is 22.6. The van der Waals surface area contributed by atoms with Crippen LogP contribution >= 0.6 is 0 Å². The zero-order chi connectivity index (χ0) is 17.1. The van der Waals surface area contributed by atoms with E-state index >= 15 is 0 Å². The van der Waals surface area contributed by atoms with E-state index in [1.54, 1.807) is 0 Å². The summed E-state index contributed by atoms with van der Waals surface area (Å²) >= 11 is 0. The summed E-state index contributed by atoms with van der Waals surface area (Å²) in [5.74, 6) is 6.79. The smallest absolute Gasteiger partial charge is 0.167 e. The summed E-state index contributed by atoms with van der Waals surface area (Å²) in [5.41, 5.74) is 3.11. The molecule has 1 aliphatic carbocycles. The Bertz CT molecular complexity index is 987. The topological polar surface area (TPSA) is 17.1 Å². The van der Waals surface area contributed by atoms with E-state index in [9.17, 15) is 4.79 Å². The Morgan fingerprint density at radius 1 is 0.920 bits per heavy atom. The van der Waals surface area contributed by atoms with Gasteiger partial charge in [-0.15, -0.1) is 0 Å². The zero-order valence-corrected chi connectivity index (χ0v) is 14.2. The van der Waals surface area contributed by atoms with Crippen LogP contribution in [0, 0.1) is 17.8 Å². The maximum atomic E-state index is 12.8. The van der Waals surface area contributed by atoms with Crippen LogP contribution in [0.15, 0.2) is 66.7 Å². The van der Waals surface area contributed by atoms with Gasteiger partial charge in [0.15, 0.2) is 5.78 Å². The van der Waals surface area contributed by atoms with Crippen LogP contribution in [0.3, 0.4) is 0 Å². The van der Waals surface area contributed by atoms with Gasteiger partial charge in [-0.2, -0.15) is 0 Å². The van der Waals surface area contributed by atoms with Crippen LogP contribution in [-0.2, 0) is 6.42 Å². The first-order chi connectivity index (χ1) is 12.3. The van der Waals surface area contributed by atoms with Gasteiger partial charge in [-0.1, -0.05) is 66.4 Å². The lowest BCUT2D eigenvalue weighted by Crippen LogP contribution is -2.13. The van der Waals surface area contributed by atoms with Gasteiger partial charge in [0.2, 0.25) is 0 Å². The molecule has 1 nitrogen and oxygen atoms in total. The predicted octanol–water partition coefficient (Wildman–Crippen LogP) is 5.42. The van der Waals surface area contributed by atoms with E-state index < -0.39 is 0 Å². The summed E-state index contributed by atoms with van der Waals surface area (Å²) in [4.78, 5) is 12.8. The number of Topliss-reactive ketones (excluding diaryl/α,β-unsaturated/α-hetero) is 1. The standard InChI is InChI=1S/C24H20O/c25-24-21(13-6-11-20-9-3-4-14-23(20)24)12-5-7-18-15-16-19-8-1-2-10-22(19)17-18/h1-4,8-10,14-17,21H,6,11-13H2. The van der Waals surface area contributed by atoms with Gasteiger partial charge >= 0.3 is 0 Å². The second-order valence-corrected chi connectivity index (χ2v) is 6.68. The van der Waals surface area contributed by atoms with Gasteiger partial charge in [0, 0.05) is 23.5 Å². The van der Waals surface area contributed by atoms with Gasteiger partial charge in [-0.25, -0.2) is 0 Å². The zero-order valence-electron chi connectivity index (χ0n) is 14.2. The van der Waals surface area contributed by atoms with Gasteiger partial charge in [0.1, 0.15) is 0 Å². The third-order valence-corrected chi connectivity index (χ3v) is 4.98. The molecule has 0 fully saturated rings. The number of rotatable bonds is 1. The molecule has 0 spiro atoms. The van der Waals surface area contributed by atoms with Crippen LogP contribution in [0.2, 0.25) is 0 Å². The largest absolute Gasteiger partial charge is 0.294 e. The molecule has 0 saturated carbocycles. The van der Waals surface area contributed by atoms with Crippen LogP contribution in [0.25, 0.3) is 10.8 Å². The summed E-state index contributed by atoms with van der Waals surface area (Å²) in [7, 11) is 0. The van der Waals surface area contributed by atoms with Crippen molar-refractivity contribution in [2.24, 2.45) is 5.92 Å². The van der Waals surface area contributed by atoms with Gasteiger partial charge in [-0.05, 0) is 47.7 Å². The van der Waals surface area contributed by atoms with Crippen molar-refractivity contribution in [1.82, 2.24) is 0 Å². The minimum atomic E-state index is 0.0246. The molecule has 0 aromatic heterocycles. The van der Waals surface area contributed by atoms with Crippen molar-refractivity contribution in [3.05, 3.63) is 83.4 Å². The van der Waals surface area contributed by atoms with Crippen molar-refractivity contribution < 1.29 is 4.79 Å². The van der Waals surface area contributed by atoms with Crippen molar-refractivity contribution in [3.8, 4) is 11.8 Å². The Labute approximate surface area is 148 Å². The molecule has 122 valence electrons. The number of aryl methyl sites for hydroxylation is 1. The Hall–Kier alpha value is -2.85. The fourth-order valence-corrected chi connectivity index (χ4v) is 3.61. The van der Waals surface area contributed by atoms with Gasteiger partial charge in [0.25, 0.3) is 0 Å². The number of ketones is 1. The molecular weight excluding hydrogens is 304 g/mol. The van der Waals surface area contributed by atoms with E-state index in [1.165, 1.54) is 16.3 Å². The highest BCUT2D eigenvalue weighted by molar-refractivity contribution is 5.99. The third-order valence-electron chi connectivity index (χ3n) is 4.98. The molecule has 1 aliphatic rings. The van der Waals surface area contributed by atoms with Crippen LogP contribution in [-0.4, -0.2) is 5.78 Å². The van der Waals surface area contributed by atoms with Crippen molar-refractivity contribution in [2.45, 2.75) is 25.7 Å². The lowest BCUT2D eigenvalue weighted by atomic mass is 9.92. The molecule has 4 rings (SSSR count). The maximum absolute atomic E-state index is 12.8. The molecule has 3 aromatic carbocycles. The summed E-state index contributed by atoms with van der Waals surface area (Å²) < 4.78 is 0. The lowest BCUT2D eigenvalue weighted by molar-refractivity contribution is 0.0918. The first-order valence-electron chi connectivity index (χ1n) is 8.91. The van der Waals surface area contributed by atoms with Crippen LogP contribution in [0.5, 0.6) is 0 Å². The van der Waals surface area contributed by atoms with E-state index in [0.717, 1.165) is 30.4 Å². The number of hydrogen-bond donors (Lipinski definition) is 0. The Morgan fingerprint density at radius 2 is 1.72 bits per heavy atom. The molecule has 25 heavy (non-hydrogen) atoms. The molecule has 0 saturated heterocycles. The van der Waals surface area contributed by atoms with Crippen molar-refractivity contribution in [3.63, 3.8) is 0 Å². The molecule has 0 amide bonds. The van der Waals surface area contributed by atoms with E-state index in [1.807, 2.05) is 30.3 Å². The molecule has 1 atom stereocenters. The molecule has 1 heteroatoms. The minimum absolute atomic E-state index is 0.0246. The lowest BCUT2D eigenvalue weighted by Gasteiger charge is -2.09. The van der Waals surface area contributed by atoms with Crippen molar-refractivity contribution >= 4 is 16.6 Å². The van der Waals surface area contributed by atoms with E-state index in [0.29, 0.717) is 6.42 Å². The van der Waals surface area contributed by atoms with Crippen molar-refractivity contribution in [1.29, 1.82) is 0 Å². The Kier molecular flexibility index (Phi) is 4.36. The summed E-state index contributed by atoms with van der Waals surface area (Å²) in [6.45, 7) is 0. The number of benzene rings is 3. The average Bonchev–Trinajstić information content (AvgIpc) is 2.81. The normalized spacial score (nSPS) is 16.6. The number of carbonyl (C=O) groups excluding carboxylic acids is 1. The second-order valence-electron chi connectivity index (χ2n) is 6.68. The van der Waals surface area contributed by atoms with Gasteiger partial charge < -0.3 is 0 Å². The number of hydrogen-bond acceptors (Lipinski definition) is 1. The first kappa shape index (κ1) is 15.7. The molecule has 0 heterocycles. The maximum Gasteiger partial charge on any atom is 0.167 e. The molecule has 0 bridgehead atoms. The SMILES string of the molecule is O=C1c2ccccc2CCCC1CC#Cc1ccc2ccccc2c1. The summed E-state index contributed by atoms with van der Waals surface area (Å²) in [6.07, 6.45) is 3.63. The monoisotopic (exact) mass is 324 g/mol. The fraction of sp³-hybridized carbons (Fsp3) is 0.208. The highest BCUT2D eigenvalue weighted by atomic mass is 16.1. The molecule has 0 radical (unpaired) electrons. The van der Waals surface area contributed by atoms with Crippen LogP contribution in [0.4, 0.5) is 0 Å². The van der Waals surface area contributed by atoms with E-state index in [-0.39, 0.29) is 11.7 Å². The third kappa shape index (κ3) is 3.35. The summed E-state index contributed by atoms with van der Waals surface area (Å²) in [5, 5.41) is 2.43. The average molecular weight is 324 g/mol. The van der Waals surface area contributed by atoms with Gasteiger partial charge in [-0.3, -0.25) is 4.79 Å². The fourth-order valence-electron chi connectivity index (χ4n) is 3.61. The molecule has 1 unspecified atom stereocenters. The molecular formula is C24H20O. The molecule has 0 N–H and O–H groups in total. The molecule has 3 aromatic rings. The van der Waals surface area contributed by atoms with Gasteiger partial charge in [0.05, 0.1) is 0 Å². The first-order valence-corrected chi connectivity index (χ1v) is 8.91. The van der Waals surface area contributed by atoms with E-state index in [4.69, 9.17) is 0 Å². The number of fused-ring (bicyclic) bond motifs is 2. The quantitative estimate of drug-likeness (QED) is 0.432. The predicted molar refractivity (Wildman–Crippen MR) is 103 cm³/mol. The number of carbonyl (C=O) groups is 1. The van der Waals surface area contributed by atoms with Crippen LogP contribution in [0.1, 0.15) is 40.7 Å². The highest BCUT2D eigenvalue weighted by Gasteiger charge is 2.24. The second kappa shape index (κ2) is 6.95. The Morgan fingerprint density at radius 3 is 2.64 bits per heavy atom. The molecule has 0 aliphatic heterocycles. The Balaban J connectivity index is 1.53. The minimum Gasteiger partial charge on any atom is -0.294 e. The highest BCUT2D eigenvalue weighted by Crippen LogP contribution is 2.26.